The lowest BCUT2D eigenvalue weighted by Gasteiger charge is -2.34. The summed E-state index contributed by atoms with van der Waals surface area (Å²) in [5, 5.41) is 8.16. The van der Waals surface area contributed by atoms with Crippen molar-refractivity contribution in [1.29, 1.82) is 0 Å². The van der Waals surface area contributed by atoms with E-state index in [1.165, 1.54) is 0 Å². The first-order valence-electron chi connectivity index (χ1n) is 7.80. The van der Waals surface area contributed by atoms with Gasteiger partial charge in [0.1, 0.15) is 0 Å². The third-order valence-corrected chi connectivity index (χ3v) is 3.71. The summed E-state index contributed by atoms with van der Waals surface area (Å²) in [5.41, 5.74) is 0. The van der Waals surface area contributed by atoms with E-state index in [4.69, 9.17) is 4.74 Å². The molecule has 1 fully saturated rings. The Kier molecular flexibility index (Phi) is 5.74. The van der Waals surface area contributed by atoms with Gasteiger partial charge in [0.15, 0.2) is 5.82 Å². The number of hydrogen-bond donors (Lipinski definition) is 0. The van der Waals surface area contributed by atoms with E-state index in [1.807, 2.05) is 6.92 Å². The standard InChI is InChI=1S/C14H24N6O2/c1-4-18(5-2)13-16-12(11-15-17-13)19-7-9-20(10-8-19)14(21)22-6-3/h11H,4-10H2,1-3H3. The van der Waals surface area contributed by atoms with Gasteiger partial charge in [0.05, 0.1) is 12.8 Å². The van der Waals surface area contributed by atoms with Crippen LogP contribution in [0.5, 0.6) is 0 Å². The SMILES string of the molecule is CCOC(=O)N1CCN(c2cnnc(N(CC)CC)n2)CC1. The molecule has 1 amide bonds. The van der Waals surface area contributed by atoms with E-state index in [1.54, 1.807) is 11.1 Å². The van der Waals surface area contributed by atoms with E-state index in [0.29, 0.717) is 25.6 Å². The number of carbonyl (C=O) groups excluding carboxylic acids is 1. The van der Waals surface area contributed by atoms with Gasteiger partial charge in [-0.2, -0.15) is 10.1 Å². The van der Waals surface area contributed by atoms with Gasteiger partial charge in [-0.3, -0.25) is 0 Å². The number of piperazine rings is 1. The molecule has 0 saturated carbocycles. The molecule has 2 heterocycles. The predicted octanol–water partition coefficient (Wildman–Crippen LogP) is 0.996. The number of amides is 1. The van der Waals surface area contributed by atoms with Crippen LogP contribution in [0.4, 0.5) is 16.6 Å². The van der Waals surface area contributed by atoms with Crippen molar-refractivity contribution in [2.45, 2.75) is 20.8 Å². The van der Waals surface area contributed by atoms with Gasteiger partial charge in [0, 0.05) is 39.3 Å². The minimum Gasteiger partial charge on any atom is -0.450 e. The summed E-state index contributed by atoms with van der Waals surface area (Å²) in [4.78, 5) is 22.2. The largest absolute Gasteiger partial charge is 0.450 e. The molecule has 0 unspecified atom stereocenters. The van der Waals surface area contributed by atoms with Crippen molar-refractivity contribution >= 4 is 17.9 Å². The number of carbonyl (C=O) groups is 1. The molecule has 8 nitrogen and oxygen atoms in total. The molecule has 0 N–H and O–H groups in total. The molecular formula is C14H24N6O2. The zero-order valence-electron chi connectivity index (χ0n) is 13.5. The average molecular weight is 308 g/mol. The Labute approximate surface area is 131 Å². The molecule has 22 heavy (non-hydrogen) atoms. The molecule has 2 rings (SSSR count). The van der Waals surface area contributed by atoms with Gasteiger partial charge in [-0.25, -0.2) is 4.79 Å². The normalized spacial score (nSPS) is 14.9. The number of rotatable bonds is 5. The summed E-state index contributed by atoms with van der Waals surface area (Å²) in [6, 6.07) is 0. The second-order valence-corrected chi connectivity index (χ2v) is 4.96. The average Bonchev–Trinajstić information content (AvgIpc) is 2.57. The number of ether oxygens (including phenoxy) is 1. The van der Waals surface area contributed by atoms with Crippen molar-refractivity contribution in [3.05, 3.63) is 6.20 Å². The monoisotopic (exact) mass is 308 g/mol. The van der Waals surface area contributed by atoms with Crippen LogP contribution in [0.1, 0.15) is 20.8 Å². The minimum absolute atomic E-state index is 0.244. The van der Waals surface area contributed by atoms with E-state index >= 15 is 0 Å². The Morgan fingerprint density at radius 3 is 2.50 bits per heavy atom. The number of hydrogen-bond acceptors (Lipinski definition) is 7. The Balaban J connectivity index is 1.99. The highest BCUT2D eigenvalue weighted by molar-refractivity contribution is 5.68. The summed E-state index contributed by atoms with van der Waals surface area (Å²) >= 11 is 0. The van der Waals surface area contributed by atoms with Crippen LogP contribution in [0.3, 0.4) is 0 Å². The summed E-state index contributed by atoms with van der Waals surface area (Å²) in [5.74, 6) is 1.45. The molecule has 8 heteroatoms. The zero-order chi connectivity index (χ0) is 15.9. The zero-order valence-corrected chi connectivity index (χ0v) is 13.5. The van der Waals surface area contributed by atoms with Crippen LogP contribution in [-0.2, 0) is 4.74 Å². The predicted molar refractivity (Wildman–Crippen MR) is 84.2 cm³/mol. The Morgan fingerprint density at radius 1 is 1.23 bits per heavy atom. The molecule has 1 saturated heterocycles. The van der Waals surface area contributed by atoms with Crippen LogP contribution in [0.15, 0.2) is 6.20 Å². The maximum Gasteiger partial charge on any atom is 0.409 e. The van der Waals surface area contributed by atoms with Crippen molar-refractivity contribution in [2.24, 2.45) is 0 Å². The molecule has 1 aromatic heterocycles. The van der Waals surface area contributed by atoms with Crippen LogP contribution < -0.4 is 9.80 Å². The van der Waals surface area contributed by atoms with Gasteiger partial charge in [-0.05, 0) is 20.8 Å². The molecular weight excluding hydrogens is 284 g/mol. The van der Waals surface area contributed by atoms with Crippen molar-refractivity contribution in [3.63, 3.8) is 0 Å². The quantitative estimate of drug-likeness (QED) is 0.803. The molecule has 1 aliphatic heterocycles. The van der Waals surface area contributed by atoms with Gasteiger partial charge in [-0.15, -0.1) is 5.10 Å². The van der Waals surface area contributed by atoms with Gasteiger partial charge < -0.3 is 19.4 Å². The Bertz CT molecular complexity index is 486. The van der Waals surface area contributed by atoms with Gasteiger partial charge >= 0.3 is 6.09 Å². The highest BCUT2D eigenvalue weighted by Gasteiger charge is 2.23. The molecule has 0 atom stereocenters. The molecule has 1 aromatic rings. The summed E-state index contributed by atoms with van der Waals surface area (Å²) < 4.78 is 5.03. The Morgan fingerprint density at radius 2 is 1.91 bits per heavy atom. The lowest BCUT2D eigenvalue weighted by atomic mass is 10.3. The first kappa shape index (κ1) is 16.3. The molecule has 0 bridgehead atoms. The fourth-order valence-corrected chi connectivity index (χ4v) is 2.41. The van der Waals surface area contributed by atoms with E-state index < -0.39 is 0 Å². The Hall–Kier alpha value is -2.12. The van der Waals surface area contributed by atoms with Gasteiger partial charge in [0.25, 0.3) is 0 Å². The van der Waals surface area contributed by atoms with Crippen LogP contribution in [0.2, 0.25) is 0 Å². The van der Waals surface area contributed by atoms with E-state index in [2.05, 4.69) is 38.8 Å². The minimum atomic E-state index is -0.244. The topological polar surface area (TPSA) is 74.7 Å². The molecule has 0 spiro atoms. The number of anilines is 2. The van der Waals surface area contributed by atoms with Crippen molar-refractivity contribution in [3.8, 4) is 0 Å². The summed E-state index contributed by atoms with van der Waals surface area (Å²) in [7, 11) is 0. The first-order chi connectivity index (χ1) is 10.7. The summed E-state index contributed by atoms with van der Waals surface area (Å²) in [6.45, 7) is 10.7. The van der Waals surface area contributed by atoms with Crippen molar-refractivity contribution in [1.82, 2.24) is 20.1 Å². The third-order valence-electron chi connectivity index (χ3n) is 3.71. The second-order valence-electron chi connectivity index (χ2n) is 4.96. The van der Waals surface area contributed by atoms with Crippen LogP contribution >= 0.6 is 0 Å². The second kappa shape index (κ2) is 7.77. The third kappa shape index (κ3) is 3.75. The molecule has 0 aliphatic carbocycles. The van der Waals surface area contributed by atoms with Gasteiger partial charge in [0.2, 0.25) is 5.95 Å². The number of nitrogens with zero attached hydrogens (tertiary/aromatic N) is 6. The first-order valence-corrected chi connectivity index (χ1v) is 7.80. The maximum atomic E-state index is 11.7. The smallest absolute Gasteiger partial charge is 0.409 e. The van der Waals surface area contributed by atoms with E-state index in [0.717, 1.165) is 32.0 Å². The molecule has 122 valence electrons. The fourth-order valence-electron chi connectivity index (χ4n) is 2.41. The summed E-state index contributed by atoms with van der Waals surface area (Å²) in [6.07, 6.45) is 1.43. The highest BCUT2D eigenvalue weighted by atomic mass is 16.6. The van der Waals surface area contributed by atoms with Crippen LogP contribution in [0.25, 0.3) is 0 Å². The van der Waals surface area contributed by atoms with Crippen molar-refractivity contribution < 1.29 is 9.53 Å². The number of aromatic nitrogens is 3. The molecule has 1 aliphatic rings. The molecule has 0 radical (unpaired) electrons. The van der Waals surface area contributed by atoms with Gasteiger partial charge in [-0.1, -0.05) is 0 Å². The van der Waals surface area contributed by atoms with E-state index in [9.17, 15) is 4.79 Å². The fraction of sp³-hybridized carbons (Fsp3) is 0.714. The van der Waals surface area contributed by atoms with E-state index in [-0.39, 0.29) is 6.09 Å². The highest BCUT2D eigenvalue weighted by Crippen LogP contribution is 2.15. The lowest BCUT2D eigenvalue weighted by Crippen LogP contribution is -2.49. The maximum absolute atomic E-state index is 11.7. The van der Waals surface area contributed by atoms with Crippen LogP contribution in [0, 0.1) is 0 Å². The van der Waals surface area contributed by atoms with Crippen LogP contribution in [-0.4, -0.2) is 72.0 Å². The van der Waals surface area contributed by atoms with Crippen molar-refractivity contribution in [2.75, 3.05) is 55.7 Å². The lowest BCUT2D eigenvalue weighted by molar-refractivity contribution is 0.105. The molecule has 0 aromatic carbocycles.